The van der Waals surface area contributed by atoms with E-state index in [1.54, 1.807) is 0 Å². The maximum atomic E-state index is 12.4. The van der Waals surface area contributed by atoms with Gasteiger partial charge in [-0.05, 0) is 31.9 Å². The Kier molecular flexibility index (Phi) is 3.92. The van der Waals surface area contributed by atoms with Crippen molar-refractivity contribution in [3.8, 4) is 0 Å². The number of aliphatic carboxylic acids is 1. The van der Waals surface area contributed by atoms with Crippen molar-refractivity contribution in [1.82, 2.24) is 4.31 Å². The van der Waals surface area contributed by atoms with E-state index in [4.69, 9.17) is 5.11 Å². The molecule has 1 heterocycles. The highest BCUT2D eigenvalue weighted by Gasteiger charge is 2.39. The van der Waals surface area contributed by atoms with Crippen LogP contribution in [-0.2, 0) is 14.8 Å². The average Bonchev–Trinajstić information content (AvgIpc) is 2.89. The molecule has 1 aliphatic rings. The van der Waals surface area contributed by atoms with E-state index in [1.165, 1.54) is 31.2 Å². The van der Waals surface area contributed by atoms with Crippen molar-refractivity contribution in [2.24, 2.45) is 0 Å². The molecule has 1 saturated heterocycles. The lowest BCUT2D eigenvalue weighted by atomic mass is 10.2. The Bertz CT molecular complexity index is 635. The van der Waals surface area contributed by atoms with E-state index < -0.39 is 22.0 Å². The Morgan fingerprint density at radius 1 is 1.25 bits per heavy atom. The molecule has 1 N–H and O–H groups in total. The van der Waals surface area contributed by atoms with Gasteiger partial charge in [0.25, 0.3) is 0 Å². The van der Waals surface area contributed by atoms with Gasteiger partial charge in [0.15, 0.2) is 5.78 Å². The number of benzene rings is 1. The molecule has 1 aliphatic heterocycles. The molecule has 108 valence electrons. The molecule has 0 bridgehead atoms. The lowest BCUT2D eigenvalue weighted by molar-refractivity contribution is -0.140. The number of carboxylic acid groups (broad SMARTS) is 1. The van der Waals surface area contributed by atoms with E-state index in [0.717, 1.165) is 4.31 Å². The molecule has 6 nitrogen and oxygen atoms in total. The molecule has 7 heteroatoms. The number of sulfonamides is 1. The highest BCUT2D eigenvalue weighted by molar-refractivity contribution is 7.89. The first-order chi connectivity index (χ1) is 9.34. The summed E-state index contributed by atoms with van der Waals surface area (Å²) in [6.07, 6.45) is 0.849. The van der Waals surface area contributed by atoms with Crippen LogP contribution in [0, 0.1) is 0 Å². The summed E-state index contributed by atoms with van der Waals surface area (Å²) >= 11 is 0. The maximum Gasteiger partial charge on any atom is 0.322 e. The van der Waals surface area contributed by atoms with Crippen molar-refractivity contribution in [1.29, 1.82) is 0 Å². The summed E-state index contributed by atoms with van der Waals surface area (Å²) in [6, 6.07) is 4.53. The van der Waals surface area contributed by atoms with E-state index >= 15 is 0 Å². The van der Waals surface area contributed by atoms with E-state index in [2.05, 4.69) is 0 Å². The number of carbonyl (C=O) groups is 2. The minimum Gasteiger partial charge on any atom is -0.480 e. The van der Waals surface area contributed by atoms with Gasteiger partial charge in [-0.25, -0.2) is 8.42 Å². The Balaban J connectivity index is 2.35. The maximum absolute atomic E-state index is 12.4. The first-order valence-corrected chi connectivity index (χ1v) is 7.63. The molecular formula is C13H15NO5S. The summed E-state index contributed by atoms with van der Waals surface area (Å²) in [7, 11) is -3.83. The first-order valence-electron chi connectivity index (χ1n) is 6.19. The molecule has 1 fully saturated rings. The second-order valence-corrected chi connectivity index (χ2v) is 6.58. The smallest absolute Gasteiger partial charge is 0.322 e. The Labute approximate surface area is 117 Å². The van der Waals surface area contributed by atoms with Crippen LogP contribution in [0.15, 0.2) is 29.2 Å². The SMILES string of the molecule is CC(=O)c1ccc(S(=O)(=O)N2CCC[C@H]2C(=O)O)cc1. The van der Waals surface area contributed by atoms with Gasteiger partial charge in [0.1, 0.15) is 6.04 Å². The molecule has 0 amide bonds. The lowest BCUT2D eigenvalue weighted by Gasteiger charge is -2.20. The van der Waals surface area contributed by atoms with Crippen LogP contribution in [0.1, 0.15) is 30.1 Å². The molecule has 1 aromatic rings. The molecule has 0 aromatic heterocycles. The summed E-state index contributed by atoms with van der Waals surface area (Å²) in [6.45, 7) is 1.60. The monoisotopic (exact) mass is 297 g/mol. The molecule has 20 heavy (non-hydrogen) atoms. The molecule has 0 spiro atoms. The zero-order chi connectivity index (χ0) is 14.9. The van der Waals surface area contributed by atoms with Gasteiger partial charge < -0.3 is 5.11 Å². The largest absolute Gasteiger partial charge is 0.480 e. The van der Waals surface area contributed by atoms with Crippen molar-refractivity contribution in [2.45, 2.75) is 30.7 Å². The fraction of sp³-hybridized carbons (Fsp3) is 0.385. The van der Waals surface area contributed by atoms with Crippen LogP contribution in [0.25, 0.3) is 0 Å². The molecule has 0 radical (unpaired) electrons. The van der Waals surface area contributed by atoms with Crippen LogP contribution in [0.3, 0.4) is 0 Å². The number of carbonyl (C=O) groups excluding carboxylic acids is 1. The summed E-state index contributed by atoms with van der Waals surface area (Å²) in [5.41, 5.74) is 0.417. The van der Waals surface area contributed by atoms with Gasteiger partial charge in [-0.2, -0.15) is 4.31 Å². The number of hydrogen-bond donors (Lipinski definition) is 1. The fourth-order valence-electron chi connectivity index (χ4n) is 2.27. The van der Waals surface area contributed by atoms with Gasteiger partial charge in [-0.15, -0.1) is 0 Å². The highest BCUT2D eigenvalue weighted by Crippen LogP contribution is 2.26. The molecule has 2 rings (SSSR count). The summed E-state index contributed by atoms with van der Waals surface area (Å²) in [4.78, 5) is 22.3. The fourth-order valence-corrected chi connectivity index (χ4v) is 3.92. The first kappa shape index (κ1) is 14.7. The number of ketones is 1. The summed E-state index contributed by atoms with van der Waals surface area (Å²) in [5, 5.41) is 9.06. The topological polar surface area (TPSA) is 91.8 Å². The normalized spacial score (nSPS) is 19.9. The van der Waals surface area contributed by atoms with Crippen molar-refractivity contribution in [3.63, 3.8) is 0 Å². The van der Waals surface area contributed by atoms with Crippen LogP contribution in [0.2, 0.25) is 0 Å². The van der Waals surface area contributed by atoms with Gasteiger partial charge in [0, 0.05) is 12.1 Å². The van der Waals surface area contributed by atoms with Gasteiger partial charge in [0.2, 0.25) is 10.0 Å². The van der Waals surface area contributed by atoms with E-state index in [1.807, 2.05) is 0 Å². The zero-order valence-corrected chi connectivity index (χ0v) is 11.8. The molecule has 1 atom stereocenters. The number of rotatable bonds is 4. The van der Waals surface area contributed by atoms with Gasteiger partial charge in [0.05, 0.1) is 4.90 Å². The highest BCUT2D eigenvalue weighted by atomic mass is 32.2. The third-order valence-electron chi connectivity index (χ3n) is 3.36. The molecule has 1 aromatic carbocycles. The van der Waals surface area contributed by atoms with Gasteiger partial charge in [-0.3, -0.25) is 9.59 Å². The second kappa shape index (κ2) is 5.34. The quantitative estimate of drug-likeness (QED) is 0.841. The molecular weight excluding hydrogens is 282 g/mol. The second-order valence-electron chi connectivity index (χ2n) is 4.69. The zero-order valence-electron chi connectivity index (χ0n) is 10.9. The van der Waals surface area contributed by atoms with Crippen LogP contribution >= 0.6 is 0 Å². The van der Waals surface area contributed by atoms with Crippen molar-refractivity contribution >= 4 is 21.8 Å². The molecule has 0 saturated carbocycles. The molecule has 0 unspecified atom stereocenters. The van der Waals surface area contributed by atoms with E-state index in [9.17, 15) is 18.0 Å². The third-order valence-corrected chi connectivity index (χ3v) is 5.28. The van der Waals surface area contributed by atoms with E-state index in [-0.39, 0.29) is 17.2 Å². The predicted octanol–water partition coefficient (Wildman–Crippen LogP) is 1.13. The average molecular weight is 297 g/mol. The summed E-state index contributed by atoms with van der Waals surface area (Å²) in [5.74, 6) is -1.29. The lowest BCUT2D eigenvalue weighted by Crippen LogP contribution is -2.40. The van der Waals surface area contributed by atoms with E-state index in [0.29, 0.717) is 18.4 Å². The Morgan fingerprint density at radius 3 is 2.35 bits per heavy atom. The molecule has 0 aliphatic carbocycles. The minimum atomic E-state index is -3.83. The van der Waals surface area contributed by atoms with Crippen LogP contribution in [0.4, 0.5) is 0 Å². The number of carboxylic acids is 1. The van der Waals surface area contributed by atoms with Crippen LogP contribution in [0.5, 0.6) is 0 Å². The van der Waals surface area contributed by atoms with Crippen LogP contribution in [-0.4, -0.2) is 42.2 Å². The number of hydrogen-bond acceptors (Lipinski definition) is 4. The van der Waals surface area contributed by atoms with Crippen molar-refractivity contribution < 1.29 is 23.1 Å². The van der Waals surface area contributed by atoms with Crippen molar-refractivity contribution in [3.05, 3.63) is 29.8 Å². The summed E-state index contributed by atoms with van der Waals surface area (Å²) < 4.78 is 25.8. The van der Waals surface area contributed by atoms with Crippen LogP contribution < -0.4 is 0 Å². The predicted molar refractivity (Wildman–Crippen MR) is 71.0 cm³/mol. The number of nitrogens with zero attached hydrogens (tertiary/aromatic N) is 1. The van der Waals surface area contributed by atoms with Crippen molar-refractivity contribution in [2.75, 3.05) is 6.54 Å². The number of Topliss-reactive ketones (excluding diaryl/α,β-unsaturated/α-hetero) is 1. The third kappa shape index (κ3) is 2.59. The standard InChI is InChI=1S/C13H15NO5S/c1-9(15)10-4-6-11(7-5-10)20(18,19)14-8-2-3-12(14)13(16)17/h4-7,12H,2-3,8H2,1H3,(H,16,17)/t12-/m0/s1. The van der Waals surface area contributed by atoms with Gasteiger partial charge >= 0.3 is 5.97 Å². The Morgan fingerprint density at radius 2 is 1.85 bits per heavy atom. The van der Waals surface area contributed by atoms with Gasteiger partial charge in [-0.1, -0.05) is 12.1 Å². The Hall–Kier alpha value is -1.73. The minimum absolute atomic E-state index is 0.00986.